The summed E-state index contributed by atoms with van der Waals surface area (Å²) in [7, 11) is 0. The van der Waals surface area contributed by atoms with E-state index in [1.807, 2.05) is 34.6 Å². The Hall–Kier alpha value is -7.14. The van der Waals surface area contributed by atoms with Crippen molar-refractivity contribution in [3.63, 3.8) is 0 Å². The second-order valence-corrected chi connectivity index (χ2v) is 25.1. The molecule has 0 rings (SSSR count). The van der Waals surface area contributed by atoms with Crippen LogP contribution in [0.2, 0.25) is 0 Å². The molecule has 100 heavy (non-hydrogen) atoms. The van der Waals surface area contributed by atoms with Gasteiger partial charge in [0.05, 0.1) is 93.4 Å². The van der Waals surface area contributed by atoms with Crippen molar-refractivity contribution in [3.8, 4) is 0 Å². The van der Waals surface area contributed by atoms with Crippen molar-refractivity contribution >= 4 is 81.9 Å². The monoisotopic (exact) mass is 1430 g/mol. The molecule has 0 aromatic carbocycles. The maximum absolute atomic E-state index is 13.4. The van der Waals surface area contributed by atoms with Gasteiger partial charge in [0.1, 0.15) is 36.6 Å². The fourth-order valence-electron chi connectivity index (χ4n) is 8.10. The van der Waals surface area contributed by atoms with Gasteiger partial charge in [-0.3, -0.25) is 63.4 Å². The van der Waals surface area contributed by atoms with Crippen molar-refractivity contribution in [3.05, 3.63) is 0 Å². The fourth-order valence-corrected chi connectivity index (χ4v) is 8.10. The zero-order valence-corrected chi connectivity index (χ0v) is 62.0. The number of carbonyl (C=O) groups is 12. The zero-order valence-electron chi connectivity index (χ0n) is 62.0. The molecule has 3 atom stereocenters. The van der Waals surface area contributed by atoms with Crippen LogP contribution in [0.25, 0.3) is 0 Å². The second-order valence-electron chi connectivity index (χ2n) is 25.1. The molecule has 33 nitrogen and oxygen atoms in total. The molecule has 0 unspecified atom stereocenters. The largest absolute Gasteiger partial charge is 0.411 e. The number of rotatable bonds is 60. The minimum absolute atomic E-state index is 0.00514. The maximum Gasteiger partial charge on any atom is 0.246 e. The average molecular weight is 1430 g/mol. The van der Waals surface area contributed by atoms with Gasteiger partial charge in [-0.2, -0.15) is 0 Å². The summed E-state index contributed by atoms with van der Waals surface area (Å²) in [5.41, 5.74) is 10.4. The van der Waals surface area contributed by atoms with E-state index in [1.165, 1.54) is 26.7 Å². The molecule has 0 aliphatic rings. The SMILES string of the molecule is CC(=O)CN[C@@H](CCCCNC(=O)COCCOCCNC(=O)COCCOCCNC(=O)CCCC(=O)N[C@@H](CCCCNC(=O)CCCC(=O)NC(CNC(C)(C)/C(C)=N/O)CNC(C)(C)/C(C)=N/O)C(=O)NCCCC[C@H](NCC(C)=O)C(N)=O)C(N)=O.CCC(C)=O.CCCC. The highest BCUT2D eigenvalue weighted by atomic mass is 16.5. The van der Waals surface area contributed by atoms with Gasteiger partial charge in [-0.05, 0) is 133 Å². The standard InChI is InChI=1S/C59H109N15O17.C4H8O.C4H10/c1-41(75)35-67-46(55(60)83)17-9-12-25-63-53(81)39-90-33-32-89-30-28-65-54(82)40-91-34-31-88-29-27-64-50(78)21-16-23-52(80)72-48(57(85)66-26-14-10-18-47(56(61)84)68-36-42(2)76)19-11-13-24-62-49(77)20-15-22-51(79)71-45(37-69-58(5,6)43(3)73-86)38-70-59(7,8)44(4)74-87;1-3-4(2)5;1-3-4-2/h45-48,67-70,86-87H,9-40H2,1-8H3,(H2,60,83)(H2,61,84)(H,62,77)(H,63,81)(H,64,78)(H,65,82)(H,66,85)(H,71,79)(H,72,80);3H2,1-2H3;3-4H2,1-2H3/b73-43+,74-44+;;/t46-,47-,48-;;/m0../s1. The Bertz CT molecular complexity index is 2400. The van der Waals surface area contributed by atoms with E-state index in [0.29, 0.717) is 88.8 Å². The summed E-state index contributed by atoms with van der Waals surface area (Å²) in [5.74, 6) is -3.52. The van der Waals surface area contributed by atoms with Gasteiger partial charge in [-0.15, -0.1) is 0 Å². The molecule has 0 aromatic heterocycles. The molecule has 0 aliphatic carbocycles. The van der Waals surface area contributed by atoms with Crippen molar-refractivity contribution in [1.29, 1.82) is 0 Å². The van der Waals surface area contributed by atoms with Gasteiger partial charge in [0, 0.05) is 77.9 Å². The van der Waals surface area contributed by atoms with E-state index >= 15 is 0 Å². The molecule has 0 radical (unpaired) electrons. The van der Waals surface area contributed by atoms with Crippen LogP contribution in [0.3, 0.4) is 0 Å². The van der Waals surface area contributed by atoms with Crippen molar-refractivity contribution in [2.45, 2.75) is 234 Å². The fraction of sp³-hybridized carbons (Fsp3) is 0.791. The quantitative estimate of drug-likeness (QED) is 0.0173. The van der Waals surface area contributed by atoms with Crippen LogP contribution in [0, 0.1) is 0 Å². The number of hydrogen-bond donors (Lipinski definition) is 15. The smallest absolute Gasteiger partial charge is 0.246 e. The van der Waals surface area contributed by atoms with Gasteiger partial charge in [-0.25, -0.2) is 0 Å². The van der Waals surface area contributed by atoms with E-state index in [2.05, 4.69) is 82.6 Å². The summed E-state index contributed by atoms with van der Waals surface area (Å²) >= 11 is 0. The van der Waals surface area contributed by atoms with Gasteiger partial charge < -0.3 is 93.5 Å². The first-order valence-corrected chi connectivity index (χ1v) is 35.0. The van der Waals surface area contributed by atoms with E-state index in [4.69, 9.17) is 30.4 Å². The van der Waals surface area contributed by atoms with Crippen molar-refractivity contribution in [2.75, 3.05) is 112 Å². The predicted octanol–water partition coefficient (Wildman–Crippen LogP) is 0.748. The summed E-state index contributed by atoms with van der Waals surface area (Å²) < 4.78 is 21.5. The summed E-state index contributed by atoms with van der Waals surface area (Å²) in [6.45, 7) is 23.9. The molecule has 0 fully saturated rings. The topological polar surface area (TPSA) is 491 Å². The lowest BCUT2D eigenvalue weighted by Crippen LogP contribution is -2.57. The number of Topliss-reactive ketones (excluding diaryl/α,β-unsaturated/α-hetero) is 3. The molecule has 33 heteroatoms. The van der Waals surface area contributed by atoms with E-state index in [9.17, 15) is 67.9 Å². The first-order chi connectivity index (χ1) is 47.3. The van der Waals surface area contributed by atoms with Gasteiger partial charge in [0.25, 0.3) is 0 Å². The van der Waals surface area contributed by atoms with Crippen molar-refractivity contribution in [2.24, 2.45) is 21.8 Å². The molecule has 0 saturated heterocycles. The number of oxime groups is 2. The minimum Gasteiger partial charge on any atom is -0.411 e. The van der Waals surface area contributed by atoms with Crippen LogP contribution in [0.5, 0.6) is 0 Å². The molecule has 9 amide bonds. The number of nitrogens with two attached hydrogens (primary N) is 2. The van der Waals surface area contributed by atoms with Crippen LogP contribution >= 0.6 is 0 Å². The highest BCUT2D eigenvalue weighted by Crippen LogP contribution is 2.10. The Balaban J connectivity index is -0.00000977. The Kier molecular flexibility index (Phi) is 59.9. The average Bonchev–Trinajstić information content (AvgIpc) is 0.880. The highest BCUT2D eigenvalue weighted by molar-refractivity contribution is 5.91. The van der Waals surface area contributed by atoms with Crippen LogP contribution in [0.4, 0.5) is 0 Å². The van der Waals surface area contributed by atoms with E-state index in [1.54, 1.807) is 20.8 Å². The molecular formula is C67H127N15O18. The number of primary amides is 2. The third-order valence-electron chi connectivity index (χ3n) is 15.3. The number of carbonyl (C=O) groups excluding carboxylic acids is 12. The summed E-state index contributed by atoms with van der Waals surface area (Å²) in [4.78, 5) is 145. The molecule has 0 saturated carbocycles. The van der Waals surface area contributed by atoms with Crippen LogP contribution in [-0.2, 0) is 76.5 Å². The summed E-state index contributed by atoms with van der Waals surface area (Å²) in [6.07, 6.45) is 8.07. The van der Waals surface area contributed by atoms with E-state index < -0.39 is 58.9 Å². The number of nitrogens with one attached hydrogen (secondary N) is 11. The van der Waals surface area contributed by atoms with Crippen molar-refractivity contribution < 1.29 is 86.9 Å². The lowest BCUT2D eigenvalue weighted by atomic mass is 9.98. The van der Waals surface area contributed by atoms with Crippen LogP contribution in [0.1, 0.15) is 199 Å². The molecule has 17 N–H and O–H groups in total. The molecule has 0 aromatic rings. The Labute approximate surface area is 592 Å². The van der Waals surface area contributed by atoms with Gasteiger partial charge in [0.15, 0.2) is 0 Å². The molecule has 0 heterocycles. The predicted molar refractivity (Wildman–Crippen MR) is 380 cm³/mol. The number of amides is 9. The summed E-state index contributed by atoms with van der Waals surface area (Å²) in [5, 5.41) is 57.0. The molecular weight excluding hydrogens is 1300 g/mol. The van der Waals surface area contributed by atoms with Crippen LogP contribution < -0.4 is 70.0 Å². The number of unbranched alkanes of at least 4 members (excludes halogenated alkanes) is 4. The number of ether oxygens (including phenoxy) is 4. The first kappa shape index (κ1) is 97.0. The second kappa shape index (κ2) is 61.7. The zero-order chi connectivity index (χ0) is 76.2. The third-order valence-corrected chi connectivity index (χ3v) is 15.3. The number of nitrogens with zero attached hydrogens (tertiary/aromatic N) is 2. The lowest BCUT2D eigenvalue weighted by Gasteiger charge is -2.32. The Morgan fingerprint density at radius 1 is 0.410 bits per heavy atom. The first-order valence-electron chi connectivity index (χ1n) is 35.0. The highest BCUT2D eigenvalue weighted by Gasteiger charge is 2.28. The molecule has 0 bridgehead atoms. The maximum atomic E-state index is 13.4. The lowest BCUT2D eigenvalue weighted by molar-refractivity contribution is -0.129. The van der Waals surface area contributed by atoms with Gasteiger partial charge in [0.2, 0.25) is 53.2 Å². The van der Waals surface area contributed by atoms with Crippen LogP contribution in [-0.4, -0.2) is 239 Å². The molecule has 0 spiro atoms. The Morgan fingerprint density at radius 2 is 0.750 bits per heavy atom. The van der Waals surface area contributed by atoms with Gasteiger partial charge >= 0.3 is 0 Å². The van der Waals surface area contributed by atoms with Crippen molar-refractivity contribution in [1.82, 2.24) is 58.5 Å². The normalized spacial score (nSPS) is 12.4. The van der Waals surface area contributed by atoms with E-state index in [-0.39, 0.29) is 184 Å². The van der Waals surface area contributed by atoms with Gasteiger partial charge in [-0.1, -0.05) is 43.9 Å². The molecule has 578 valence electrons. The number of ketones is 3. The summed E-state index contributed by atoms with van der Waals surface area (Å²) in [6, 6.07) is -2.67. The van der Waals surface area contributed by atoms with E-state index in [0.717, 1.165) is 0 Å². The van der Waals surface area contributed by atoms with Crippen LogP contribution in [0.15, 0.2) is 10.3 Å². The third kappa shape index (κ3) is 58.6. The molecule has 0 aliphatic heterocycles. The number of hydrogen-bond acceptors (Lipinski definition) is 24. The Morgan fingerprint density at radius 3 is 1.12 bits per heavy atom. The minimum atomic E-state index is -0.926.